The van der Waals surface area contributed by atoms with Crippen LogP contribution in [0, 0.1) is 17.8 Å². The molecule has 0 aromatic carbocycles. The Labute approximate surface area is 117 Å². The molecule has 3 N–H and O–H groups in total. The summed E-state index contributed by atoms with van der Waals surface area (Å²) in [7, 11) is 0. The van der Waals surface area contributed by atoms with Crippen molar-refractivity contribution >= 4 is 11.8 Å². The van der Waals surface area contributed by atoms with Crippen LogP contribution in [0.5, 0.6) is 0 Å². The highest BCUT2D eigenvalue weighted by atomic mass is 32.2. The largest absolute Gasteiger partial charge is 0.271 e. The van der Waals surface area contributed by atoms with Crippen molar-refractivity contribution in [3.8, 4) is 0 Å². The zero-order valence-electron chi connectivity index (χ0n) is 11.9. The highest BCUT2D eigenvalue weighted by Crippen LogP contribution is 2.35. The molecule has 2 nitrogen and oxygen atoms in total. The van der Waals surface area contributed by atoms with Gasteiger partial charge in [0.25, 0.3) is 0 Å². The van der Waals surface area contributed by atoms with Crippen LogP contribution in [0.1, 0.15) is 58.3 Å². The molecular weight excluding hydrogens is 240 g/mol. The SMILES string of the molecule is CCC1CCC(C(CC2CCSCC2)NN)CC1. The highest BCUT2D eigenvalue weighted by Gasteiger charge is 2.28. The Morgan fingerprint density at radius 2 is 1.72 bits per heavy atom. The van der Waals surface area contributed by atoms with E-state index in [1.54, 1.807) is 0 Å². The van der Waals surface area contributed by atoms with Gasteiger partial charge in [-0.05, 0) is 61.4 Å². The first kappa shape index (κ1) is 14.7. The fourth-order valence-corrected chi connectivity index (χ4v) is 4.94. The summed E-state index contributed by atoms with van der Waals surface area (Å²) < 4.78 is 0. The van der Waals surface area contributed by atoms with Crippen LogP contribution in [0.25, 0.3) is 0 Å². The molecule has 2 rings (SSSR count). The monoisotopic (exact) mass is 270 g/mol. The first-order valence-electron chi connectivity index (χ1n) is 7.87. The minimum absolute atomic E-state index is 0.580. The number of thioether (sulfide) groups is 1. The second-order valence-corrected chi connectivity index (χ2v) is 7.48. The van der Waals surface area contributed by atoms with Gasteiger partial charge in [-0.1, -0.05) is 26.2 Å². The van der Waals surface area contributed by atoms with Gasteiger partial charge in [-0.2, -0.15) is 11.8 Å². The van der Waals surface area contributed by atoms with Crippen molar-refractivity contribution in [2.24, 2.45) is 23.6 Å². The summed E-state index contributed by atoms with van der Waals surface area (Å²) in [5.74, 6) is 11.3. The molecule has 1 saturated carbocycles. The van der Waals surface area contributed by atoms with Crippen LogP contribution >= 0.6 is 11.8 Å². The topological polar surface area (TPSA) is 38.0 Å². The van der Waals surface area contributed by atoms with E-state index in [2.05, 4.69) is 24.1 Å². The summed E-state index contributed by atoms with van der Waals surface area (Å²) in [5, 5.41) is 0. The van der Waals surface area contributed by atoms with Crippen molar-refractivity contribution in [2.75, 3.05) is 11.5 Å². The first-order valence-corrected chi connectivity index (χ1v) is 9.02. The quantitative estimate of drug-likeness (QED) is 0.592. The summed E-state index contributed by atoms with van der Waals surface area (Å²) in [6.45, 7) is 2.34. The third kappa shape index (κ3) is 4.14. The molecule has 1 aliphatic carbocycles. The number of hydrazine groups is 1. The second-order valence-electron chi connectivity index (χ2n) is 6.25. The molecule has 18 heavy (non-hydrogen) atoms. The Bertz CT molecular complexity index is 221. The summed E-state index contributed by atoms with van der Waals surface area (Å²) in [4.78, 5) is 0. The summed E-state index contributed by atoms with van der Waals surface area (Å²) in [6, 6.07) is 0.580. The Balaban J connectivity index is 1.77. The van der Waals surface area contributed by atoms with Crippen molar-refractivity contribution in [1.82, 2.24) is 5.43 Å². The summed E-state index contributed by atoms with van der Waals surface area (Å²) in [5.41, 5.74) is 3.15. The maximum atomic E-state index is 5.83. The molecule has 2 fully saturated rings. The van der Waals surface area contributed by atoms with E-state index in [4.69, 9.17) is 5.84 Å². The number of nitrogens with one attached hydrogen (secondary N) is 1. The maximum Gasteiger partial charge on any atom is 0.0241 e. The average Bonchev–Trinajstić information content (AvgIpc) is 2.46. The number of rotatable bonds is 5. The number of hydrogen-bond acceptors (Lipinski definition) is 3. The van der Waals surface area contributed by atoms with Crippen molar-refractivity contribution in [2.45, 2.75) is 64.3 Å². The highest BCUT2D eigenvalue weighted by molar-refractivity contribution is 7.99. The lowest BCUT2D eigenvalue weighted by atomic mass is 9.75. The lowest BCUT2D eigenvalue weighted by Gasteiger charge is -2.35. The molecule has 0 bridgehead atoms. The Hall–Kier alpha value is 0.270. The summed E-state index contributed by atoms with van der Waals surface area (Å²) >= 11 is 2.12. The van der Waals surface area contributed by atoms with E-state index in [-0.39, 0.29) is 0 Å². The smallest absolute Gasteiger partial charge is 0.0241 e. The second kappa shape index (κ2) is 7.76. The molecule has 1 unspecified atom stereocenters. The van der Waals surface area contributed by atoms with E-state index in [0.717, 1.165) is 17.8 Å². The summed E-state index contributed by atoms with van der Waals surface area (Å²) in [6.07, 6.45) is 11.2. The Kier molecular flexibility index (Phi) is 6.33. The molecule has 1 aliphatic heterocycles. The van der Waals surface area contributed by atoms with E-state index in [1.165, 1.54) is 62.9 Å². The predicted molar refractivity (Wildman–Crippen MR) is 81.5 cm³/mol. The fraction of sp³-hybridized carbons (Fsp3) is 1.00. The van der Waals surface area contributed by atoms with Gasteiger partial charge in [0.15, 0.2) is 0 Å². The predicted octanol–water partition coefficient (Wildman–Crippen LogP) is 3.57. The van der Waals surface area contributed by atoms with Gasteiger partial charge in [-0.15, -0.1) is 0 Å². The molecule has 1 atom stereocenters. The molecule has 106 valence electrons. The minimum atomic E-state index is 0.580. The standard InChI is InChI=1S/C15H30N2S/c1-2-12-3-5-14(6-4-12)15(17-16)11-13-7-9-18-10-8-13/h12-15,17H,2-11,16H2,1H3. The van der Waals surface area contributed by atoms with Gasteiger partial charge < -0.3 is 0 Å². The van der Waals surface area contributed by atoms with E-state index < -0.39 is 0 Å². The first-order chi connectivity index (χ1) is 8.83. The molecule has 3 heteroatoms. The van der Waals surface area contributed by atoms with Gasteiger partial charge in [0, 0.05) is 6.04 Å². The molecule has 0 amide bonds. The third-order valence-electron chi connectivity index (χ3n) is 5.18. The van der Waals surface area contributed by atoms with Crippen LogP contribution in [-0.4, -0.2) is 17.5 Å². The molecule has 1 heterocycles. The van der Waals surface area contributed by atoms with Crippen LogP contribution in [-0.2, 0) is 0 Å². The normalized spacial score (nSPS) is 32.3. The lowest BCUT2D eigenvalue weighted by molar-refractivity contribution is 0.194. The van der Waals surface area contributed by atoms with Crippen LogP contribution in [0.15, 0.2) is 0 Å². The Morgan fingerprint density at radius 1 is 1.06 bits per heavy atom. The van der Waals surface area contributed by atoms with Gasteiger partial charge in [0.05, 0.1) is 0 Å². The van der Waals surface area contributed by atoms with Crippen molar-refractivity contribution in [3.05, 3.63) is 0 Å². The van der Waals surface area contributed by atoms with Crippen molar-refractivity contribution in [3.63, 3.8) is 0 Å². The molecule has 0 spiro atoms. The van der Waals surface area contributed by atoms with Crippen molar-refractivity contribution in [1.29, 1.82) is 0 Å². The third-order valence-corrected chi connectivity index (χ3v) is 6.23. The molecule has 0 radical (unpaired) electrons. The van der Waals surface area contributed by atoms with Crippen LogP contribution in [0.2, 0.25) is 0 Å². The van der Waals surface area contributed by atoms with E-state index in [1.807, 2.05) is 0 Å². The molecule has 1 saturated heterocycles. The zero-order chi connectivity index (χ0) is 12.8. The molecular formula is C15H30N2S. The molecule has 0 aromatic heterocycles. The van der Waals surface area contributed by atoms with E-state index >= 15 is 0 Å². The molecule has 2 aliphatic rings. The number of hydrogen-bond donors (Lipinski definition) is 2. The maximum absolute atomic E-state index is 5.83. The lowest BCUT2D eigenvalue weighted by Crippen LogP contribution is -2.43. The van der Waals surface area contributed by atoms with Gasteiger partial charge >= 0.3 is 0 Å². The fourth-order valence-electron chi connectivity index (χ4n) is 3.74. The zero-order valence-corrected chi connectivity index (χ0v) is 12.7. The van der Waals surface area contributed by atoms with E-state index in [0.29, 0.717) is 6.04 Å². The minimum Gasteiger partial charge on any atom is -0.271 e. The average molecular weight is 270 g/mol. The van der Waals surface area contributed by atoms with Gasteiger partial charge in [-0.3, -0.25) is 11.3 Å². The molecule has 0 aromatic rings. The van der Waals surface area contributed by atoms with E-state index in [9.17, 15) is 0 Å². The number of nitrogens with two attached hydrogens (primary N) is 1. The van der Waals surface area contributed by atoms with Gasteiger partial charge in [0.2, 0.25) is 0 Å². The van der Waals surface area contributed by atoms with Crippen molar-refractivity contribution < 1.29 is 0 Å². The van der Waals surface area contributed by atoms with Gasteiger partial charge in [0.1, 0.15) is 0 Å². The van der Waals surface area contributed by atoms with Crippen LogP contribution in [0.3, 0.4) is 0 Å². The Morgan fingerprint density at radius 3 is 2.28 bits per heavy atom. The van der Waals surface area contributed by atoms with Gasteiger partial charge in [-0.25, -0.2) is 0 Å². The van der Waals surface area contributed by atoms with Crippen LogP contribution < -0.4 is 11.3 Å². The van der Waals surface area contributed by atoms with Crippen LogP contribution in [0.4, 0.5) is 0 Å².